The summed E-state index contributed by atoms with van der Waals surface area (Å²) in [4.78, 5) is 38.6. The van der Waals surface area contributed by atoms with Crippen LogP contribution in [0.15, 0.2) is 46.8 Å². The molecule has 7 heteroatoms. The molecule has 1 N–H and O–H groups in total. The first-order valence-electron chi connectivity index (χ1n) is 9.55. The third-order valence-electron chi connectivity index (χ3n) is 5.44. The summed E-state index contributed by atoms with van der Waals surface area (Å²) in [6.07, 6.45) is 0.498. The average molecular weight is 418 g/mol. The second-order valence-electron chi connectivity index (χ2n) is 7.31. The van der Waals surface area contributed by atoms with Gasteiger partial charge in [0.15, 0.2) is 5.78 Å². The number of esters is 2. The maximum absolute atomic E-state index is 13.5. The summed E-state index contributed by atoms with van der Waals surface area (Å²) in [5.41, 5.74) is 2.87. The first-order chi connectivity index (χ1) is 13.8. The largest absolute Gasteiger partial charge is 0.468 e. The third kappa shape index (κ3) is 3.81. The number of benzene rings is 1. The highest BCUT2D eigenvalue weighted by molar-refractivity contribution is 6.30. The van der Waals surface area contributed by atoms with Crippen LogP contribution < -0.4 is 5.32 Å². The van der Waals surface area contributed by atoms with Crippen LogP contribution in [0.25, 0.3) is 0 Å². The molecule has 6 nitrogen and oxygen atoms in total. The number of nitrogens with one attached hydrogen (secondary N) is 1. The molecule has 0 fully saturated rings. The Labute approximate surface area is 174 Å². The maximum atomic E-state index is 13.5. The number of carbonyl (C=O) groups is 3. The van der Waals surface area contributed by atoms with Gasteiger partial charge < -0.3 is 14.8 Å². The first kappa shape index (κ1) is 21.1. The van der Waals surface area contributed by atoms with Gasteiger partial charge in [0.2, 0.25) is 0 Å². The molecular weight excluding hydrogens is 394 g/mol. The van der Waals surface area contributed by atoms with E-state index < -0.39 is 23.8 Å². The van der Waals surface area contributed by atoms with E-state index in [0.717, 1.165) is 11.3 Å². The molecule has 3 rings (SSSR count). The fourth-order valence-electron chi connectivity index (χ4n) is 4.15. The molecule has 0 aromatic heterocycles. The topological polar surface area (TPSA) is 81.7 Å². The van der Waals surface area contributed by atoms with Crippen LogP contribution in [0, 0.1) is 11.8 Å². The minimum Gasteiger partial charge on any atom is -0.468 e. The van der Waals surface area contributed by atoms with Gasteiger partial charge in [0.1, 0.15) is 5.92 Å². The summed E-state index contributed by atoms with van der Waals surface area (Å²) in [6.45, 7) is 5.58. The van der Waals surface area contributed by atoms with Gasteiger partial charge in [-0.2, -0.15) is 0 Å². The number of allylic oxidation sites excluding steroid dienone is 3. The van der Waals surface area contributed by atoms with E-state index in [1.165, 1.54) is 7.11 Å². The third-order valence-corrected chi connectivity index (χ3v) is 5.69. The minimum absolute atomic E-state index is 0.213. The number of ether oxygens (including phenoxy) is 2. The second-order valence-corrected chi connectivity index (χ2v) is 7.74. The molecule has 0 spiro atoms. The Hall–Kier alpha value is -2.60. The highest BCUT2D eigenvalue weighted by Gasteiger charge is 2.47. The Bertz CT molecular complexity index is 916. The van der Waals surface area contributed by atoms with Crippen molar-refractivity contribution < 1.29 is 23.9 Å². The molecule has 0 radical (unpaired) electrons. The van der Waals surface area contributed by atoms with E-state index in [0.29, 0.717) is 28.3 Å². The Kier molecular flexibility index (Phi) is 6.13. The number of halogens is 1. The Balaban J connectivity index is 2.18. The lowest BCUT2D eigenvalue weighted by atomic mass is 9.69. The highest BCUT2D eigenvalue weighted by Crippen LogP contribution is 2.45. The van der Waals surface area contributed by atoms with E-state index in [-0.39, 0.29) is 18.3 Å². The molecule has 154 valence electrons. The summed E-state index contributed by atoms with van der Waals surface area (Å²) < 4.78 is 10.1. The van der Waals surface area contributed by atoms with Crippen molar-refractivity contribution in [1.29, 1.82) is 0 Å². The standard InChI is InChI=1S/C22H24ClNO5/c1-5-29-22(27)17-12(3)24-15-10-11(2)16(21(26)28-4)20(25)19(15)18(17)13-6-8-14(23)9-7-13/h6-9,11,16,18,24H,5,10H2,1-4H3. The smallest absolute Gasteiger partial charge is 0.336 e. The second kappa shape index (κ2) is 8.41. The van der Waals surface area contributed by atoms with Crippen molar-refractivity contribution in [2.45, 2.75) is 33.1 Å². The van der Waals surface area contributed by atoms with Crippen molar-refractivity contribution in [1.82, 2.24) is 5.32 Å². The molecule has 3 unspecified atom stereocenters. The van der Waals surface area contributed by atoms with Crippen molar-refractivity contribution in [3.05, 3.63) is 57.4 Å². The van der Waals surface area contributed by atoms with E-state index in [9.17, 15) is 14.4 Å². The normalized spacial score (nSPS) is 24.0. The quantitative estimate of drug-likeness (QED) is 0.596. The van der Waals surface area contributed by atoms with Gasteiger partial charge in [0.25, 0.3) is 0 Å². The Morgan fingerprint density at radius 3 is 2.48 bits per heavy atom. The zero-order chi connectivity index (χ0) is 21.3. The number of carbonyl (C=O) groups excluding carboxylic acids is 3. The van der Waals surface area contributed by atoms with Crippen LogP contribution in [0.2, 0.25) is 5.02 Å². The van der Waals surface area contributed by atoms with Crippen LogP contribution in [0.5, 0.6) is 0 Å². The molecule has 0 bridgehead atoms. The molecule has 29 heavy (non-hydrogen) atoms. The fourth-order valence-corrected chi connectivity index (χ4v) is 4.27. The summed E-state index contributed by atoms with van der Waals surface area (Å²) in [7, 11) is 1.27. The molecule has 0 saturated carbocycles. The number of methoxy groups -OCH3 is 1. The van der Waals surface area contributed by atoms with Crippen molar-refractivity contribution in [3.8, 4) is 0 Å². The number of rotatable bonds is 4. The molecule has 2 aliphatic rings. The summed E-state index contributed by atoms with van der Waals surface area (Å²) in [5, 5.41) is 3.76. The van der Waals surface area contributed by atoms with Gasteiger partial charge in [-0.1, -0.05) is 30.7 Å². The Morgan fingerprint density at radius 2 is 1.90 bits per heavy atom. The highest BCUT2D eigenvalue weighted by atomic mass is 35.5. The summed E-state index contributed by atoms with van der Waals surface area (Å²) in [6, 6.07) is 7.00. The lowest BCUT2D eigenvalue weighted by Crippen LogP contribution is -2.43. The van der Waals surface area contributed by atoms with Crippen LogP contribution in [-0.4, -0.2) is 31.4 Å². The van der Waals surface area contributed by atoms with Crippen LogP contribution >= 0.6 is 11.6 Å². The molecule has 3 atom stereocenters. The number of Topliss-reactive ketones (excluding diaryl/α,β-unsaturated/α-hetero) is 1. The molecule has 0 amide bonds. The van der Waals surface area contributed by atoms with Gasteiger partial charge in [0.05, 0.1) is 19.3 Å². The number of hydrogen-bond acceptors (Lipinski definition) is 6. The molecule has 1 aromatic rings. The lowest BCUT2D eigenvalue weighted by Gasteiger charge is -2.38. The number of dihydropyridines is 1. The van der Waals surface area contributed by atoms with E-state index in [4.69, 9.17) is 21.1 Å². The van der Waals surface area contributed by atoms with Gasteiger partial charge in [-0.3, -0.25) is 9.59 Å². The summed E-state index contributed by atoms with van der Waals surface area (Å²) in [5.74, 6) is -3.15. The first-order valence-corrected chi connectivity index (χ1v) is 9.93. The number of hydrogen-bond donors (Lipinski definition) is 1. The van der Waals surface area contributed by atoms with E-state index in [1.54, 1.807) is 38.1 Å². The molecule has 1 heterocycles. The monoisotopic (exact) mass is 417 g/mol. The minimum atomic E-state index is -0.905. The number of ketones is 1. The van der Waals surface area contributed by atoms with Gasteiger partial charge >= 0.3 is 11.9 Å². The summed E-state index contributed by atoms with van der Waals surface area (Å²) >= 11 is 6.04. The van der Waals surface area contributed by atoms with Gasteiger partial charge in [-0.25, -0.2) is 4.79 Å². The predicted octanol–water partition coefficient (Wildman–Crippen LogP) is 3.52. The van der Waals surface area contributed by atoms with Crippen LogP contribution in [-0.2, 0) is 23.9 Å². The zero-order valence-corrected chi connectivity index (χ0v) is 17.6. The zero-order valence-electron chi connectivity index (χ0n) is 16.9. The van der Waals surface area contributed by atoms with Crippen LogP contribution in [0.4, 0.5) is 0 Å². The maximum Gasteiger partial charge on any atom is 0.336 e. The molecule has 1 aliphatic carbocycles. The molecule has 1 aromatic carbocycles. The lowest BCUT2D eigenvalue weighted by molar-refractivity contribution is -0.151. The van der Waals surface area contributed by atoms with Crippen LogP contribution in [0.1, 0.15) is 38.7 Å². The van der Waals surface area contributed by atoms with Crippen molar-refractivity contribution in [2.75, 3.05) is 13.7 Å². The van der Waals surface area contributed by atoms with Crippen molar-refractivity contribution in [2.24, 2.45) is 11.8 Å². The van der Waals surface area contributed by atoms with Gasteiger partial charge in [-0.15, -0.1) is 0 Å². The van der Waals surface area contributed by atoms with E-state index in [2.05, 4.69) is 5.32 Å². The van der Waals surface area contributed by atoms with Crippen molar-refractivity contribution in [3.63, 3.8) is 0 Å². The van der Waals surface area contributed by atoms with Gasteiger partial charge in [0, 0.05) is 27.9 Å². The van der Waals surface area contributed by atoms with Gasteiger partial charge in [-0.05, 0) is 43.9 Å². The predicted molar refractivity (Wildman–Crippen MR) is 108 cm³/mol. The fraction of sp³-hybridized carbons (Fsp3) is 0.409. The molecular formula is C22H24ClNO5. The van der Waals surface area contributed by atoms with Crippen molar-refractivity contribution >= 4 is 29.3 Å². The SMILES string of the molecule is CCOC(=O)C1=C(C)NC2=C(C(=O)C(C(=O)OC)C(C)C2)C1c1ccc(Cl)cc1. The van der Waals surface area contributed by atoms with E-state index >= 15 is 0 Å². The van der Waals surface area contributed by atoms with E-state index in [1.807, 2.05) is 6.92 Å². The molecule has 1 aliphatic heterocycles. The average Bonchev–Trinajstić information content (AvgIpc) is 2.67. The van der Waals surface area contributed by atoms with Crippen LogP contribution in [0.3, 0.4) is 0 Å². The Morgan fingerprint density at radius 1 is 1.24 bits per heavy atom. The molecule has 0 saturated heterocycles.